The van der Waals surface area contributed by atoms with Crippen LogP contribution in [0, 0.1) is 23.6 Å². The second kappa shape index (κ2) is 7.98. The van der Waals surface area contributed by atoms with E-state index in [1.54, 1.807) is 18.2 Å². The third-order valence-corrected chi connectivity index (χ3v) is 4.71. The summed E-state index contributed by atoms with van der Waals surface area (Å²) in [6, 6.07) is 6.79. The van der Waals surface area contributed by atoms with E-state index in [-0.39, 0.29) is 17.6 Å². The van der Waals surface area contributed by atoms with E-state index in [2.05, 4.69) is 24.1 Å². The van der Waals surface area contributed by atoms with Crippen molar-refractivity contribution in [2.75, 3.05) is 0 Å². The Morgan fingerprint density at radius 2 is 2.04 bits per heavy atom. The van der Waals surface area contributed by atoms with E-state index < -0.39 is 0 Å². The molecular weight excluding hydrogens is 313 g/mol. The number of carbonyl (C=O) groups is 1. The Morgan fingerprint density at radius 3 is 2.72 bits per heavy atom. The van der Waals surface area contributed by atoms with Crippen LogP contribution in [-0.4, -0.2) is 11.9 Å². The van der Waals surface area contributed by atoms with Gasteiger partial charge < -0.3 is 5.32 Å². The number of halogens is 1. The lowest BCUT2D eigenvalue weighted by atomic mass is 9.91. The van der Waals surface area contributed by atoms with E-state index in [0.29, 0.717) is 11.6 Å². The summed E-state index contributed by atoms with van der Waals surface area (Å²) < 4.78 is 13.7. The molecule has 0 saturated heterocycles. The van der Waals surface area contributed by atoms with E-state index in [1.807, 2.05) is 24.3 Å². The monoisotopic (exact) mass is 335 g/mol. The van der Waals surface area contributed by atoms with Gasteiger partial charge in [0.25, 0.3) is 0 Å². The van der Waals surface area contributed by atoms with E-state index in [9.17, 15) is 9.18 Å². The highest BCUT2D eigenvalue weighted by atomic mass is 19.1. The number of rotatable bonds is 3. The molecule has 0 aromatic heterocycles. The SMILES string of the molecule is CCC1C=CC(C#Cc2ccccc2F)=CC=C1C(=O)NC1CCC1. The number of allylic oxidation sites excluding steroid dienone is 5. The van der Waals surface area contributed by atoms with Crippen molar-refractivity contribution in [3.8, 4) is 11.8 Å². The molecular formula is C22H22FNO. The Balaban J connectivity index is 1.80. The molecule has 25 heavy (non-hydrogen) atoms. The standard InChI is InChI=1S/C22H22FNO/c1-2-17-13-10-16(11-14-18-6-3-4-9-21(18)23)12-15-20(17)22(25)24-19-7-5-8-19/h3-4,6,9-10,12-13,15,17,19H,2,5,7-8H2,1H3,(H,24,25). The van der Waals surface area contributed by atoms with Gasteiger partial charge in [-0.15, -0.1) is 0 Å². The van der Waals surface area contributed by atoms with Gasteiger partial charge in [0.2, 0.25) is 5.91 Å². The van der Waals surface area contributed by atoms with Gasteiger partial charge in [-0.25, -0.2) is 4.39 Å². The molecule has 1 N–H and O–H groups in total. The van der Waals surface area contributed by atoms with Gasteiger partial charge >= 0.3 is 0 Å². The van der Waals surface area contributed by atoms with E-state index in [0.717, 1.165) is 30.4 Å². The quantitative estimate of drug-likeness (QED) is 0.820. The first-order valence-corrected chi connectivity index (χ1v) is 8.85. The molecule has 0 spiro atoms. The lowest BCUT2D eigenvalue weighted by Gasteiger charge is -2.27. The first-order valence-electron chi connectivity index (χ1n) is 8.85. The van der Waals surface area contributed by atoms with Gasteiger partial charge in [0.05, 0.1) is 5.56 Å². The Hall–Kier alpha value is -2.60. The van der Waals surface area contributed by atoms with Crippen LogP contribution in [0.4, 0.5) is 4.39 Å². The predicted molar refractivity (Wildman–Crippen MR) is 98.1 cm³/mol. The van der Waals surface area contributed by atoms with Gasteiger partial charge in [-0.3, -0.25) is 4.79 Å². The van der Waals surface area contributed by atoms with E-state index in [4.69, 9.17) is 0 Å². The number of nitrogens with one attached hydrogen (secondary N) is 1. The van der Waals surface area contributed by atoms with Crippen molar-refractivity contribution >= 4 is 5.91 Å². The smallest absolute Gasteiger partial charge is 0.248 e. The molecule has 1 saturated carbocycles. The third kappa shape index (κ3) is 4.28. The molecule has 1 fully saturated rings. The Bertz CT molecular complexity index is 803. The summed E-state index contributed by atoms with van der Waals surface area (Å²) in [4.78, 5) is 12.5. The molecule has 2 aliphatic rings. The van der Waals surface area contributed by atoms with Crippen LogP contribution in [-0.2, 0) is 4.79 Å². The van der Waals surface area contributed by atoms with E-state index in [1.165, 1.54) is 12.5 Å². The maximum atomic E-state index is 13.7. The van der Waals surface area contributed by atoms with Crippen LogP contribution in [0.3, 0.4) is 0 Å². The molecule has 3 rings (SSSR count). The Kier molecular flexibility index (Phi) is 5.50. The molecule has 0 aliphatic heterocycles. The first kappa shape index (κ1) is 17.2. The fraction of sp³-hybridized carbons (Fsp3) is 0.318. The summed E-state index contributed by atoms with van der Waals surface area (Å²) in [7, 11) is 0. The Morgan fingerprint density at radius 1 is 1.24 bits per heavy atom. The first-order chi connectivity index (χ1) is 12.2. The largest absolute Gasteiger partial charge is 0.350 e. The number of hydrogen-bond donors (Lipinski definition) is 1. The summed E-state index contributed by atoms with van der Waals surface area (Å²) in [5, 5.41) is 3.10. The lowest BCUT2D eigenvalue weighted by Crippen LogP contribution is -2.41. The van der Waals surface area contributed by atoms with Crippen molar-refractivity contribution in [3.63, 3.8) is 0 Å². The van der Waals surface area contributed by atoms with E-state index >= 15 is 0 Å². The van der Waals surface area contributed by atoms with Crippen LogP contribution in [0.1, 0.15) is 38.2 Å². The number of amides is 1. The van der Waals surface area contributed by atoms with Crippen LogP contribution in [0.5, 0.6) is 0 Å². The molecule has 0 radical (unpaired) electrons. The van der Waals surface area contributed by atoms with Crippen LogP contribution in [0.25, 0.3) is 0 Å². The molecule has 1 atom stereocenters. The zero-order chi connectivity index (χ0) is 17.6. The molecule has 0 heterocycles. The van der Waals surface area contributed by atoms with Gasteiger partial charge in [-0.2, -0.15) is 0 Å². The van der Waals surface area contributed by atoms with Gasteiger partial charge in [-0.1, -0.05) is 43.0 Å². The highest BCUT2D eigenvalue weighted by Gasteiger charge is 2.24. The van der Waals surface area contributed by atoms with Crippen molar-refractivity contribution in [1.82, 2.24) is 5.32 Å². The third-order valence-electron chi connectivity index (χ3n) is 4.71. The maximum Gasteiger partial charge on any atom is 0.248 e. The molecule has 1 aromatic rings. The average molecular weight is 335 g/mol. The second-order valence-electron chi connectivity index (χ2n) is 6.45. The average Bonchev–Trinajstić information content (AvgIpc) is 2.79. The summed E-state index contributed by atoms with van der Waals surface area (Å²) in [5.41, 5.74) is 1.92. The molecule has 1 aromatic carbocycles. The minimum absolute atomic E-state index is 0.0146. The fourth-order valence-corrected chi connectivity index (χ4v) is 2.89. The highest BCUT2D eigenvalue weighted by molar-refractivity contribution is 5.95. The van der Waals surface area contributed by atoms with Crippen LogP contribution in [0.15, 0.2) is 59.7 Å². The Labute approximate surface area is 148 Å². The molecule has 3 heteroatoms. The second-order valence-corrected chi connectivity index (χ2v) is 6.45. The number of carbonyl (C=O) groups excluding carboxylic acids is 1. The van der Waals surface area contributed by atoms with Crippen LogP contribution >= 0.6 is 0 Å². The van der Waals surface area contributed by atoms with Gasteiger partial charge in [0.15, 0.2) is 0 Å². The summed E-state index contributed by atoms with van der Waals surface area (Å²) in [6.45, 7) is 2.06. The zero-order valence-corrected chi connectivity index (χ0v) is 14.4. The molecule has 1 amide bonds. The van der Waals surface area contributed by atoms with Crippen molar-refractivity contribution in [3.05, 3.63) is 71.1 Å². The molecule has 1 unspecified atom stereocenters. The van der Waals surface area contributed by atoms with Gasteiger partial charge in [0.1, 0.15) is 5.82 Å². The predicted octanol–water partition coefficient (Wildman–Crippen LogP) is 4.29. The molecule has 2 nitrogen and oxygen atoms in total. The fourth-order valence-electron chi connectivity index (χ4n) is 2.89. The number of benzene rings is 1. The summed E-state index contributed by atoms with van der Waals surface area (Å²) in [6.07, 6.45) is 11.8. The van der Waals surface area contributed by atoms with Crippen molar-refractivity contribution in [2.24, 2.45) is 5.92 Å². The van der Waals surface area contributed by atoms with Gasteiger partial charge in [-0.05, 0) is 50.0 Å². The topological polar surface area (TPSA) is 29.1 Å². The maximum absolute atomic E-state index is 13.7. The van der Waals surface area contributed by atoms with Crippen molar-refractivity contribution in [1.29, 1.82) is 0 Å². The highest BCUT2D eigenvalue weighted by Crippen LogP contribution is 2.24. The molecule has 0 bridgehead atoms. The molecule has 128 valence electrons. The lowest BCUT2D eigenvalue weighted by molar-refractivity contribution is -0.119. The minimum Gasteiger partial charge on any atom is -0.350 e. The summed E-state index contributed by atoms with van der Waals surface area (Å²) >= 11 is 0. The molecule has 2 aliphatic carbocycles. The summed E-state index contributed by atoms with van der Waals surface area (Å²) in [5.74, 6) is 5.62. The van der Waals surface area contributed by atoms with Crippen molar-refractivity contribution < 1.29 is 9.18 Å². The van der Waals surface area contributed by atoms with Gasteiger partial charge in [0, 0.05) is 23.1 Å². The van der Waals surface area contributed by atoms with Crippen molar-refractivity contribution in [2.45, 2.75) is 38.6 Å². The van der Waals surface area contributed by atoms with Crippen LogP contribution < -0.4 is 5.32 Å². The normalized spacial score (nSPS) is 19.7. The minimum atomic E-state index is -0.323. The van der Waals surface area contributed by atoms with Crippen LogP contribution in [0.2, 0.25) is 0 Å². The zero-order valence-electron chi connectivity index (χ0n) is 14.4. The number of hydrogen-bond acceptors (Lipinski definition) is 1.